The van der Waals surface area contributed by atoms with Crippen LogP contribution >= 0.6 is 0 Å². The summed E-state index contributed by atoms with van der Waals surface area (Å²) >= 11 is 0. The lowest BCUT2D eigenvalue weighted by molar-refractivity contribution is -0.385. The molecule has 102 valence electrons. The number of methoxy groups -OCH3 is 1. The highest BCUT2D eigenvalue weighted by Gasteiger charge is 2.28. The van der Waals surface area contributed by atoms with Crippen molar-refractivity contribution in [1.29, 1.82) is 0 Å². The maximum Gasteiger partial charge on any atom is 0.310 e. The second-order valence-electron chi connectivity index (χ2n) is 4.76. The zero-order valence-electron chi connectivity index (χ0n) is 11.0. The van der Waals surface area contributed by atoms with E-state index >= 15 is 0 Å². The number of nitro benzene ring substituents is 1. The molecule has 0 radical (unpaired) electrons. The van der Waals surface area contributed by atoms with Gasteiger partial charge in [0.1, 0.15) is 0 Å². The zero-order chi connectivity index (χ0) is 14.0. The van der Waals surface area contributed by atoms with Crippen molar-refractivity contribution >= 4 is 11.6 Å². The Labute approximate surface area is 111 Å². The first-order valence-electron chi connectivity index (χ1n) is 6.08. The summed E-state index contributed by atoms with van der Waals surface area (Å²) < 4.78 is 5.03. The van der Waals surface area contributed by atoms with Crippen LogP contribution in [0.15, 0.2) is 18.2 Å². The number of ether oxygens (including phenoxy) is 1. The Morgan fingerprint density at radius 1 is 1.53 bits per heavy atom. The van der Waals surface area contributed by atoms with Gasteiger partial charge in [0.2, 0.25) is 5.91 Å². The summed E-state index contributed by atoms with van der Waals surface area (Å²) in [6, 6.07) is 4.92. The quantitative estimate of drug-likeness (QED) is 0.612. The molecule has 1 fully saturated rings. The van der Waals surface area contributed by atoms with Gasteiger partial charge in [-0.2, -0.15) is 0 Å². The standard InChI is InChI=1S/C13H16N2O4/c1-9(16)14-7-11(8-14)5-10-3-4-12(15(17)18)13(6-10)19-2/h3-4,6,11H,5,7-8H2,1-2H3. The first-order valence-corrected chi connectivity index (χ1v) is 6.08. The summed E-state index contributed by atoms with van der Waals surface area (Å²) in [6.45, 7) is 3.08. The van der Waals surface area contributed by atoms with Gasteiger partial charge >= 0.3 is 5.69 Å². The minimum absolute atomic E-state index is 0.0229. The number of nitrogens with zero attached hydrogens (tertiary/aromatic N) is 2. The average Bonchev–Trinajstić information content (AvgIpc) is 2.32. The van der Waals surface area contributed by atoms with E-state index in [4.69, 9.17) is 4.74 Å². The van der Waals surface area contributed by atoms with Crippen LogP contribution in [-0.2, 0) is 11.2 Å². The minimum Gasteiger partial charge on any atom is -0.490 e. The lowest BCUT2D eigenvalue weighted by Gasteiger charge is -2.38. The van der Waals surface area contributed by atoms with E-state index in [0.29, 0.717) is 5.92 Å². The molecule has 0 aliphatic carbocycles. The van der Waals surface area contributed by atoms with Gasteiger partial charge in [0.15, 0.2) is 5.75 Å². The highest BCUT2D eigenvalue weighted by Crippen LogP contribution is 2.29. The van der Waals surface area contributed by atoms with E-state index in [-0.39, 0.29) is 17.3 Å². The normalized spacial score (nSPS) is 14.9. The van der Waals surface area contributed by atoms with Gasteiger partial charge < -0.3 is 9.64 Å². The predicted octanol–water partition coefficient (Wildman–Crippen LogP) is 1.62. The number of carbonyl (C=O) groups is 1. The van der Waals surface area contributed by atoms with Crippen molar-refractivity contribution in [3.8, 4) is 5.75 Å². The second-order valence-corrected chi connectivity index (χ2v) is 4.76. The SMILES string of the molecule is COc1cc(CC2CN(C(C)=O)C2)ccc1[N+](=O)[O-]. The summed E-state index contributed by atoms with van der Waals surface area (Å²) in [5, 5.41) is 10.8. The fourth-order valence-electron chi connectivity index (χ4n) is 2.29. The smallest absolute Gasteiger partial charge is 0.310 e. The van der Waals surface area contributed by atoms with E-state index in [1.54, 1.807) is 24.0 Å². The Bertz CT molecular complexity index is 509. The Morgan fingerprint density at radius 2 is 2.21 bits per heavy atom. The fourth-order valence-corrected chi connectivity index (χ4v) is 2.29. The molecule has 0 aromatic heterocycles. The maximum absolute atomic E-state index is 11.1. The van der Waals surface area contributed by atoms with Crippen LogP contribution in [0, 0.1) is 16.0 Å². The third-order valence-corrected chi connectivity index (χ3v) is 3.37. The molecule has 6 nitrogen and oxygen atoms in total. The van der Waals surface area contributed by atoms with Gasteiger partial charge in [0.05, 0.1) is 12.0 Å². The number of hydrogen-bond donors (Lipinski definition) is 0. The Balaban J connectivity index is 2.03. The number of likely N-dealkylation sites (tertiary alicyclic amines) is 1. The molecule has 1 aliphatic rings. The molecular weight excluding hydrogens is 248 g/mol. The number of rotatable bonds is 4. The van der Waals surface area contributed by atoms with E-state index in [0.717, 1.165) is 25.1 Å². The molecule has 0 N–H and O–H groups in total. The van der Waals surface area contributed by atoms with Crippen LogP contribution in [0.2, 0.25) is 0 Å². The second kappa shape index (κ2) is 5.26. The summed E-state index contributed by atoms with van der Waals surface area (Å²) in [6.07, 6.45) is 0.804. The minimum atomic E-state index is -0.455. The Kier molecular flexibility index (Phi) is 3.69. The molecule has 0 spiro atoms. The topological polar surface area (TPSA) is 72.7 Å². The summed E-state index contributed by atoms with van der Waals surface area (Å²) in [7, 11) is 1.42. The van der Waals surface area contributed by atoms with Crippen molar-refractivity contribution in [3.05, 3.63) is 33.9 Å². The Morgan fingerprint density at radius 3 is 2.74 bits per heavy atom. The molecule has 6 heteroatoms. The number of carbonyl (C=O) groups excluding carboxylic acids is 1. The molecule has 0 saturated carbocycles. The molecule has 1 heterocycles. The van der Waals surface area contributed by atoms with Crippen LogP contribution in [0.5, 0.6) is 5.75 Å². The fraction of sp³-hybridized carbons (Fsp3) is 0.462. The molecule has 1 amide bonds. The summed E-state index contributed by atoms with van der Waals surface area (Å²) in [5.74, 6) is 0.804. The van der Waals surface area contributed by atoms with Crippen LogP contribution in [0.4, 0.5) is 5.69 Å². The molecule has 0 unspecified atom stereocenters. The first-order chi connectivity index (χ1) is 9.01. The molecule has 1 aromatic rings. The third-order valence-electron chi connectivity index (χ3n) is 3.37. The summed E-state index contributed by atoms with van der Waals surface area (Å²) in [5.41, 5.74) is 0.973. The van der Waals surface area contributed by atoms with Gasteiger partial charge in [0.25, 0.3) is 0 Å². The van der Waals surface area contributed by atoms with Crippen molar-refractivity contribution in [2.45, 2.75) is 13.3 Å². The maximum atomic E-state index is 11.1. The van der Waals surface area contributed by atoms with Crippen LogP contribution in [0.1, 0.15) is 12.5 Å². The van der Waals surface area contributed by atoms with Crippen molar-refractivity contribution < 1.29 is 14.5 Å². The van der Waals surface area contributed by atoms with Crippen LogP contribution < -0.4 is 4.74 Å². The van der Waals surface area contributed by atoms with Crippen molar-refractivity contribution in [1.82, 2.24) is 4.90 Å². The molecule has 2 rings (SSSR count). The van der Waals surface area contributed by atoms with Crippen molar-refractivity contribution in [3.63, 3.8) is 0 Å². The lowest BCUT2D eigenvalue weighted by atomic mass is 9.92. The molecule has 19 heavy (non-hydrogen) atoms. The van der Waals surface area contributed by atoms with Crippen LogP contribution in [-0.4, -0.2) is 35.9 Å². The molecular formula is C13H16N2O4. The number of hydrogen-bond acceptors (Lipinski definition) is 4. The predicted molar refractivity (Wildman–Crippen MR) is 69.1 cm³/mol. The monoisotopic (exact) mass is 264 g/mol. The van der Waals surface area contributed by atoms with E-state index in [9.17, 15) is 14.9 Å². The number of amides is 1. The van der Waals surface area contributed by atoms with Gasteiger partial charge in [-0.05, 0) is 24.0 Å². The lowest BCUT2D eigenvalue weighted by Crippen LogP contribution is -2.49. The van der Waals surface area contributed by atoms with Crippen molar-refractivity contribution in [2.75, 3.05) is 20.2 Å². The number of nitro groups is 1. The first kappa shape index (κ1) is 13.3. The third kappa shape index (κ3) is 2.83. The van der Waals surface area contributed by atoms with Crippen LogP contribution in [0.3, 0.4) is 0 Å². The van der Waals surface area contributed by atoms with Gasteiger partial charge in [-0.15, -0.1) is 0 Å². The largest absolute Gasteiger partial charge is 0.490 e. The van der Waals surface area contributed by atoms with Gasteiger partial charge in [0, 0.05) is 26.1 Å². The van der Waals surface area contributed by atoms with E-state index < -0.39 is 4.92 Å². The average molecular weight is 264 g/mol. The molecule has 0 atom stereocenters. The molecule has 1 saturated heterocycles. The van der Waals surface area contributed by atoms with Crippen molar-refractivity contribution in [2.24, 2.45) is 5.92 Å². The molecule has 0 bridgehead atoms. The summed E-state index contributed by atoms with van der Waals surface area (Å²) in [4.78, 5) is 23.2. The Hall–Kier alpha value is -2.11. The highest BCUT2D eigenvalue weighted by atomic mass is 16.6. The van der Waals surface area contributed by atoms with Gasteiger partial charge in [-0.3, -0.25) is 14.9 Å². The van der Waals surface area contributed by atoms with Crippen LogP contribution in [0.25, 0.3) is 0 Å². The highest BCUT2D eigenvalue weighted by molar-refractivity contribution is 5.74. The molecule has 1 aromatic carbocycles. The molecule has 1 aliphatic heterocycles. The van der Waals surface area contributed by atoms with E-state index in [2.05, 4.69) is 0 Å². The van der Waals surface area contributed by atoms with Gasteiger partial charge in [-0.25, -0.2) is 0 Å². The van der Waals surface area contributed by atoms with Gasteiger partial charge in [-0.1, -0.05) is 6.07 Å². The van der Waals surface area contributed by atoms with E-state index in [1.165, 1.54) is 13.2 Å². The zero-order valence-corrected chi connectivity index (χ0v) is 11.0. The van der Waals surface area contributed by atoms with E-state index in [1.807, 2.05) is 0 Å². The number of benzene rings is 1.